The lowest BCUT2D eigenvalue weighted by atomic mass is 9.69. The van der Waals surface area contributed by atoms with Gasteiger partial charge in [0.2, 0.25) is 0 Å². The Kier molecular flexibility index (Phi) is 17.2. The van der Waals surface area contributed by atoms with Crippen LogP contribution in [0.3, 0.4) is 0 Å². The Labute approximate surface area is 724 Å². The summed E-state index contributed by atoms with van der Waals surface area (Å²) in [4.78, 5) is 10.4. The standard InChI is InChI=1S/C113H92N4S4/c1-109(2,3)69-49-57-77(58-50-69)114(73-33-17-13-18-34-73)89-65-87-103(107-97(89)81-41-25-29-45-93(81)120-107)101-85(67-91(105-99(101)83-43-27-31-47-95(83)118-105)116(75-37-21-15-22-38-75)79-61-53-71(54-62-79)111(7,8)9)113(87)86-68-92(117(76-39-23-16-24-40-76)80-63-55-72(56-64-80)112(10,11)12)106-100(84-44-28-32-48-96(84)119-106)102(86)104-88(113)66-90(98-82-42-26-30-46-94(82)121-108(98)104)115(74-35-19-14-20-36-74)78-59-51-70(52-60-78)110(4,5)6/h13-68H,1-12H3. The fourth-order valence-corrected chi connectivity index (χ4v) is 24.7. The van der Waals surface area contributed by atoms with Crippen molar-refractivity contribution >= 4 is 194 Å². The summed E-state index contributed by atoms with van der Waals surface area (Å²) in [7, 11) is 0. The van der Waals surface area contributed by atoms with E-state index in [1.165, 1.54) is 147 Å². The van der Waals surface area contributed by atoms with E-state index in [1.54, 1.807) is 0 Å². The minimum Gasteiger partial charge on any atom is -0.310 e. The van der Waals surface area contributed by atoms with E-state index in [-0.39, 0.29) is 21.7 Å². The minimum absolute atomic E-state index is 0.0821. The quantitative estimate of drug-likeness (QED) is 0.121. The Bertz CT molecular complexity index is 7060. The Morgan fingerprint density at radius 2 is 0.405 bits per heavy atom. The number of anilines is 12. The molecule has 2 aliphatic carbocycles. The normalized spacial score (nSPS) is 13.2. The highest BCUT2D eigenvalue weighted by atomic mass is 32.1. The van der Waals surface area contributed by atoms with Gasteiger partial charge >= 0.3 is 0 Å². The van der Waals surface area contributed by atoms with Crippen molar-refractivity contribution in [3.05, 3.63) is 384 Å². The molecule has 588 valence electrons. The fourth-order valence-electron chi connectivity index (χ4n) is 19.7. The molecule has 0 saturated heterocycles. The van der Waals surface area contributed by atoms with E-state index >= 15 is 0 Å². The number of thiophene rings is 4. The van der Waals surface area contributed by atoms with Crippen LogP contribution in [0.2, 0.25) is 0 Å². The average Bonchev–Trinajstić information content (AvgIpc) is 1.47. The van der Waals surface area contributed by atoms with Crippen molar-refractivity contribution in [1.82, 2.24) is 0 Å². The van der Waals surface area contributed by atoms with Crippen LogP contribution < -0.4 is 19.6 Å². The van der Waals surface area contributed by atoms with Gasteiger partial charge in [-0.3, -0.25) is 0 Å². The Balaban J connectivity index is 1.01. The van der Waals surface area contributed by atoms with Gasteiger partial charge in [0.1, 0.15) is 0 Å². The number of para-hydroxylation sites is 4. The van der Waals surface area contributed by atoms with Crippen LogP contribution in [0.5, 0.6) is 0 Å². The summed E-state index contributed by atoms with van der Waals surface area (Å²) in [6, 6.07) is 131. The molecule has 0 aliphatic heterocycles. The van der Waals surface area contributed by atoms with Crippen LogP contribution >= 0.6 is 45.3 Å². The van der Waals surface area contributed by atoms with E-state index in [9.17, 15) is 0 Å². The summed E-state index contributed by atoms with van der Waals surface area (Å²) in [5.41, 5.74) is 26.9. The highest BCUT2D eigenvalue weighted by molar-refractivity contribution is 7.28. The monoisotopic (exact) mass is 1630 g/mol. The van der Waals surface area contributed by atoms with Crippen molar-refractivity contribution in [1.29, 1.82) is 0 Å². The molecule has 0 radical (unpaired) electrons. The predicted octanol–water partition coefficient (Wildman–Crippen LogP) is 34.6. The Hall–Kier alpha value is -12.4. The topological polar surface area (TPSA) is 13.0 Å². The predicted molar refractivity (Wildman–Crippen MR) is 528 cm³/mol. The molecular formula is C113H92N4S4. The van der Waals surface area contributed by atoms with Crippen molar-refractivity contribution in [3.8, 4) is 22.3 Å². The molecule has 20 aromatic rings. The molecule has 0 atom stereocenters. The van der Waals surface area contributed by atoms with E-state index in [0.29, 0.717) is 0 Å². The fraction of sp³-hybridized carbons (Fsp3) is 0.150. The van der Waals surface area contributed by atoms with Gasteiger partial charge in [0.25, 0.3) is 0 Å². The van der Waals surface area contributed by atoms with Crippen LogP contribution in [-0.2, 0) is 27.1 Å². The van der Waals surface area contributed by atoms with Crippen molar-refractivity contribution in [2.75, 3.05) is 19.6 Å². The van der Waals surface area contributed by atoms with Crippen LogP contribution in [0.4, 0.5) is 68.2 Å². The number of nitrogens with zero attached hydrogens (tertiary/aromatic N) is 4. The first kappa shape index (κ1) is 74.9. The largest absolute Gasteiger partial charge is 0.310 e. The van der Waals surface area contributed by atoms with Crippen molar-refractivity contribution in [2.45, 2.75) is 110 Å². The Morgan fingerprint density at radius 1 is 0.198 bits per heavy atom. The maximum atomic E-state index is 2.74. The van der Waals surface area contributed by atoms with E-state index in [4.69, 9.17) is 0 Å². The van der Waals surface area contributed by atoms with Crippen LogP contribution in [0, 0.1) is 0 Å². The first-order chi connectivity index (χ1) is 58.6. The molecule has 4 heterocycles. The minimum atomic E-state index is -1.15. The highest BCUT2D eigenvalue weighted by Gasteiger charge is 2.57. The lowest BCUT2D eigenvalue weighted by molar-refractivity contribution is 0.590. The van der Waals surface area contributed by atoms with Crippen molar-refractivity contribution < 1.29 is 0 Å². The smallest absolute Gasteiger partial charge is 0.0730 e. The number of rotatable bonds is 12. The third-order valence-corrected chi connectivity index (χ3v) is 30.4. The average molecular weight is 1630 g/mol. The van der Waals surface area contributed by atoms with Crippen LogP contribution in [0.1, 0.15) is 128 Å². The second kappa shape index (κ2) is 27.8. The third-order valence-electron chi connectivity index (χ3n) is 25.6. The molecule has 4 nitrogen and oxygen atoms in total. The maximum Gasteiger partial charge on any atom is 0.0730 e. The van der Waals surface area contributed by atoms with Gasteiger partial charge in [0, 0.05) is 128 Å². The molecule has 0 fully saturated rings. The summed E-state index contributed by atoms with van der Waals surface area (Å²) >= 11 is 7.79. The van der Waals surface area contributed by atoms with Gasteiger partial charge in [-0.2, -0.15) is 0 Å². The zero-order chi connectivity index (χ0) is 82.3. The molecule has 0 N–H and O–H groups in total. The molecule has 0 saturated carbocycles. The summed E-state index contributed by atoms with van der Waals surface area (Å²) in [5.74, 6) is 0. The summed E-state index contributed by atoms with van der Waals surface area (Å²) in [6.45, 7) is 27.9. The zero-order valence-corrected chi connectivity index (χ0v) is 73.5. The number of hydrogen-bond acceptors (Lipinski definition) is 8. The molecule has 22 rings (SSSR count). The molecule has 121 heavy (non-hydrogen) atoms. The molecule has 2 aliphatic rings. The molecule has 0 bridgehead atoms. The van der Waals surface area contributed by atoms with Gasteiger partial charge < -0.3 is 19.6 Å². The summed E-state index contributed by atoms with van der Waals surface area (Å²) in [5, 5.41) is 9.93. The van der Waals surface area contributed by atoms with Gasteiger partial charge in [0.05, 0.1) is 37.6 Å². The van der Waals surface area contributed by atoms with Crippen molar-refractivity contribution in [2.24, 2.45) is 0 Å². The van der Waals surface area contributed by atoms with Gasteiger partial charge in [0.15, 0.2) is 0 Å². The number of fused-ring (bicyclic) bond motifs is 26. The lowest BCUT2D eigenvalue weighted by Crippen LogP contribution is -2.27. The van der Waals surface area contributed by atoms with Gasteiger partial charge in [-0.25, -0.2) is 0 Å². The second-order valence-electron chi connectivity index (χ2n) is 37.1. The second-order valence-corrected chi connectivity index (χ2v) is 41.3. The van der Waals surface area contributed by atoms with Crippen molar-refractivity contribution in [3.63, 3.8) is 0 Å². The first-order valence-corrected chi connectivity index (χ1v) is 45.6. The summed E-state index contributed by atoms with van der Waals surface area (Å²) in [6.07, 6.45) is 0. The number of benzene rings is 16. The molecule has 8 heteroatoms. The Morgan fingerprint density at radius 3 is 0.669 bits per heavy atom. The molecule has 4 aromatic heterocycles. The van der Waals surface area contributed by atoms with Crippen LogP contribution in [0.15, 0.2) is 340 Å². The van der Waals surface area contributed by atoms with E-state index in [1.807, 2.05) is 45.3 Å². The highest BCUT2D eigenvalue weighted by Crippen LogP contribution is 2.73. The molecule has 0 unspecified atom stereocenters. The first-order valence-electron chi connectivity index (χ1n) is 42.4. The lowest BCUT2D eigenvalue weighted by Gasteiger charge is -2.36. The van der Waals surface area contributed by atoms with Crippen LogP contribution in [-0.4, -0.2) is 0 Å². The molecule has 1 spiro atoms. The van der Waals surface area contributed by atoms with E-state index in [0.717, 1.165) is 68.2 Å². The molecule has 0 amide bonds. The van der Waals surface area contributed by atoms with Crippen LogP contribution in [0.25, 0.3) is 103 Å². The van der Waals surface area contributed by atoms with E-state index < -0.39 is 5.41 Å². The maximum absolute atomic E-state index is 2.74. The SMILES string of the molecule is CC(C)(C)c1ccc(N(c2ccccc2)c2cc3c(c4c2sc2ccccc24)-c2c(cc(N(c4ccccc4)c4ccc(C(C)(C)C)cc4)c4c2sc2ccccc24)C32c3cc(N(c4ccccc4)c4ccc(C(C)(C)C)cc4)c4c(sc5ccccc54)c3-c3c2cc(N(c2ccccc2)c2ccc(C(C)(C)C)cc2)c2sc4ccccc4c32)cc1. The zero-order valence-electron chi connectivity index (χ0n) is 70.3. The van der Waals surface area contributed by atoms with Gasteiger partial charge in [-0.05, 0) is 223 Å². The van der Waals surface area contributed by atoms with Gasteiger partial charge in [-0.15, -0.1) is 45.3 Å². The third kappa shape index (κ3) is 11.7. The van der Waals surface area contributed by atoms with E-state index in [2.05, 4.69) is 442 Å². The summed E-state index contributed by atoms with van der Waals surface area (Å²) < 4.78 is 9.95. The van der Waals surface area contributed by atoms with Gasteiger partial charge in [-0.1, -0.05) is 277 Å². The number of hydrogen-bond donors (Lipinski definition) is 0. The molecular weight excluding hydrogens is 1540 g/mol. The molecule has 16 aromatic carbocycles.